The Kier molecular flexibility index (Phi) is 5.49. The van der Waals surface area contributed by atoms with Crippen LogP contribution in [0.1, 0.15) is 34.6 Å². The quantitative estimate of drug-likeness (QED) is 0.730. The minimum absolute atomic E-state index is 0.0509. The molecule has 0 saturated carbocycles. The second-order valence-electron chi connectivity index (χ2n) is 8.45. The van der Waals surface area contributed by atoms with Crippen LogP contribution in [0.15, 0.2) is 10.9 Å². The second kappa shape index (κ2) is 8.24. The van der Waals surface area contributed by atoms with Crippen molar-refractivity contribution in [1.29, 1.82) is 0 Å². The van der Waals surface area contributed by atoms with Gasteiger partial charge in [-0.15, -0.1) is 0 Å². The van der Waals surface area contributed by atoms with Crippen LogP contribution >= 0.6 is 11.8 Å². The normalized spacial score (nSPS) is 20.0. The van der Waals surface area contributed by atoms with Gasteiger partial charge in [0.25, 0.3) is 5.56 Å². The number of piperazine rings is 1. The van der Waals surface area contributed by atoms with Crippen molar-refractivity contribution in [2.45, 2.75) is 44.5 Å². The van der Waals surface area contributed by atoms with Crippen LogP contribution in [0.2, 0.25) is 0 Å². The summed E-state index contributed by atoms with van der Waals surface area (Å²) < 4.78 is 3.78. The van der Waals surface area contributed by atoms with Crippen molar-refractivity contribution in [1.82, 2.24) is 29.4 Å². The predicted octanol–water partition coefficient (Wildman–Crippen LogP) is 1.07. The molecule has 0 unspecified atom stereocenters. The standard InChI is InChI=1S/C21H30N6OS/c1-24-20(17-3-2-4-19(17)22-24)14-26-8-6-25(7-9-26)10-11-27-21(28)13-16-15-29-12-5-18(16)23-27/h13H,2-12,14-15H2,1H3. The van der Waals surface area contributed by atoms with Gasteiger partial charge in [0.1, 0.15) is 0 Å². The molecule has 2 aromatic rings. The van der Waals surface area contributed by atoms with Crippen LogP contribution in [0.3, 0.4) is 0 Å². The molecule has 0 aromatic carbocycles. The number of rotatable bonds is 5. The fraction of sp³-hybridized carbons (Fsp3) is 0.667. The third-order valence-corrected chi connectivity index (χ3v) is 7.58. The van der Waals surface area contributed by atoms with Gasteiger partial charge in [-0.1, -0.05) is 0 Å². The van der Waals surface area contributed by atoms with E-state index in [0.717, 1.165) is 74.9 Å². The number of aromatic nitrogens is 4. The molecule has 8 heteroatoms. The first-order valence-corrected chi connectivity index (χ1v) is 12.0. The number of hydrogen-bond donors (Lipinski definition) is 0. The molecule has 7 nitrogen and oxygen atoms in total. The molecule has 3 aliphatic rings. The van der Waals surface area contributed by atoms with Crippen LogP contribution in [0.5, 0.6) is 0 Å². The Bertz CT molecular complexity index is 943. The summed E-state index contributed by atoms with van der Waals surface area (Å²) in [6.07, 6.45) is 4.58. The number of aryl methyl sites for hydroxylation is 3. The Morgan fingerprint density at radius 1 is 1.00 bits per heavy atom. The van der Waals surface area contributed by atoms with Crippen LogP contribution in [-0.4, -0.2) is 67.8 Å². The van der Waals surface area contributed by atoms with Gasteiger partial charge in [-0.2, -0.15) is 22.0 Å². The molecule has 156 valence electrons. The van der Waals surface area contributed by atoms with Crippen LogP contribution in [0.25, 0.3) is 0 Å². The predicted molar refractivity (Wildman–Crippen MR) is 115 cm³/mol. The first-order valence-electron chi connectivity index (χ1n) is 10.8. The summed E-state index contributed by atoms with van der Waals surface area (Å²) in [6, 6.07) is 1.80. The largest absolute Gasteiger partial charge is 0.299 e. The second-order valence-corrected chi connectivity index (χ2v) is 9.55. The minimum Gasteiger partial charge on any atom is -0.299 e. The van der Waals surface area contributed by atoms with Crippen LogP contribution in [0, 0.1) is 0 Å². The van der Waals surface area contributed by atoms with Crippen molar-refractivity contribution in [3.8, 4) is 0 Å². The maximum atomic E-state index is 12.4. The molecule has 29 heavy (non-hydrogen) atoms. The lowest BCUT2D eigenvalue weighted by Gasteiger charge is -2.34. The molecule has 2 aromatic heterocycles. The molecule has 0 N–H and O–H groups in total. The molecule has 1 fully saturated rings. The van der Waals surface area contributed by atoms with Crippen molar-refractivity contribution in [3.63, 3.8) is 0 Å². The topological polar surface area (TPSA) is 59.2 Å². The third-order valence-electron chi connectivity index (χ3n) is 6.57. The summed E-state index contributed by atoms with van der Waals surface area (Å²) in [6.45, 7) is 6.85. The summed E-state index contributed by atoms with van der Waals surface area (Å²) in [5.41, 5.74) is 6.55. The van der Waals surface area contributed by atoms with Gasteiger partial charge in [-0.3, -0.25) is 19.3 Å². The van der Waals surface area contributed by atoms with Crippen molar-refractivity contribution < 1.29 is 0 Å². The number of nitrogens with zero attached hydrogens (tertiary/aromatic N) is 6. The van der Waals surface area contributed by atoms with Gasteiger partial charge in [0.05, 0.1) is 23.6 Å². The molecule has 4 heterocycles. The molecule has 0 amide bonds. The third kappa shape index (κ3) is 4.02. The average molecular weight is 415 g/mol. The highest BCUT2D eigenvalue weighted by atomic mass is 32.2. The molecule has 5 rings (SSSR count). The maximum Gasteiger partial charge on any atom is 0.267 e. The van der Waals surface area contributed by atoms with E-state index in [-0.39, 0.29) is 5.56 Å². The van der Waals surface area contributed by atoms with E-state index in [1.807, 2.05) is 11.8 Å². The lowest BCUT2D eigenvalue weighted by molar-refractivity contribution is 0.120. The van der Waals surface area contributed by atoms with Crippen molar-refractivity contribution >= 4 is 11.8 Å². The fourth-order valence-electron chi connectivity index (χ4n) is 4.82. The highest BCUT2D eigenvalue weighted by Gasteiger charge is 2.24. The Morgan fingerprint density at radius 3 is 2.69 bits per heavy atom. The summed E-state index contributed by atoms with van der Waals surface area (Å²) in [5, 5.41) is 9.36. The number of hydrogen-bond acceptors (Lipinski definition) is 6. The van der Waals surface area contributed by atoms with E-state index in [4.69, 9.17) is 5.10 Å². The zero-order chi connectivity index (χ0) is 19.8. The van der Waals surface area contributed by atoms with Crippen molar-refractivity contribution in [2.75, 3.05) is 38.5 Å². The lowest BCUT2D eigenvalue weighted by atomic mass is 10.2. The van der Waals surface area contributed by atoms with E-state index in [2.05, 4.69) is 26.6 Å². The Morgan fingerprint density at radius 2 is 1.83 bits per heavy atom. The zero-order valence-electron chi connectivity index (χ0n) is 17.3. The maximum absolute atomic E-state index is 12.4. The Labute approximate surface area is 176 Å². The van der Waals surface area contributed by atoms with E-state index in [0.29, 0.717) is 6.54 Å². The smallest absolute Gasteiger partial charge is 0.267 e. The van der Waals surface area contributed by atoms with Crippen molar-refractivity contribution in [3.05, 3.63) is 44.6 Å². The van der Waals surface area contributed by atoms with Gasteiger partial charge in [-0.25, -0.2) is 4.68 Å². The first-order chi connectivity index (χ1) is 14.2. The monoisotopic (exact) mass is 414 g/mol. The van der Waals surface area contributed by atoms with Gasteiger partial charge in [-0.05, 0) is 36.1 Å². The zero-order valence-corrected chi connectivity index (χ0v) is 18.1. The first kappa shape index (κ1) is 19.3. The summed E-state index contributed by atoms with van der Waals surface area (Å²) in [5.74, 6) is 2.04. The summed E-state index contributed by atoms with van der Waals surface area (Å²) >= 11 is 1.89. The molecule has 1 saturated heterocycles. The Hall–Kier alpha value is -1.64. The van der Waals surface area contributed by atoms with Gasteiger partial charge in [0, 0.05) is 64.6 Å². The van der Waals surface area contributed by atoms with Crippen LogP contribution in [-0.2, 0) is 45.2 Å². The van der Waals surface area contributed by atoms with E-state index in [1.54, 1.807) is 10.7 Å². The number of thioether (sulfide) groups is 1. The van der Waals surface area contributed by atoms with E-state index in [9.17, 15) is 4.79 Å². The average Bonchev–Trinajstić information content (AvgIpc) is 3.29. The molecule has 0 spiro atoms. The fourth-order valence-corrected chi connectivity index (χ4v) is 5.77. The molecule has 0 atom stereocenters. The molecule has 0 radical (unpaired) electrons. The van der Waals surface area contributed by atoms with Gasteiger partial charge >= 0.3 is 0 Å². The highest BCUT2D eigenvalue weighted by Crippen LogP contribution is 2.25. The Balaban J connectivity index is 1.15. The highest BCUT2D eigenvalue weighted by molar-refractivity contribution is 7.98. The minimum atomic E-state index is 0.0509. The van der Waals surface area contributed by atoms with E-state index < -0.39 is 0 Å². The summed E-state index contributed by atoms with van der Waals surface area (Å²) in [4.78, 5) is 17.4. The molecule has 1 aliphatic carbocycles. The number of fused-ring (bicyclic) bond motifs is 2. The van der Waals surface area contributed by atoms with Gasteiger partial charge in [0.2, 0.25) is 0 Å². The molecule has 0 bridgehead atoms. The van der Waals surface area contributed by atoms with Crippen molar-refractivity contribution in [2.24, 2.45) is 7.05 Å². The SMILES string of the molecule is Cn1nc2c(c1CN1CCN(CCn3nc4c(cc3=O)CSCC4)CC1)CCC2. The summed E-state index contributed by atoms with van der Waals surface area (Å²) in [7, 11) is 2.09. The lowest BCUT2D eigenvalue weighted by Crippen LogP contribution is -2.47. The van der Waals surface area contributed by atoms with E-state index in [1.165, 1.54) is 29.8 Å². The van der Waals surface area contributed by atoms with Crippen LogP contribution < -0.4 is 5.56 Å². The molecular weight excluding hydrogens is 384 g/mol. The van der Waals surface area contributed by atoms with E-state index >= 15 is 0 Å². The van der Waals surface area contributed by atoms with Gasteiger partial charge < -0.3 is 0 Å². The molecular formula is C21H30N6OS. The van der Waals surface area contributed by atoms with Gasteiger partial charge in [0.15, 0.2) is 0 Å². The van der Waals surface area contributed by atoms with Crippen LogP contribution in [0.4, 0.5) is 0 Å². The molecule has 2 aliphatic heterocycles.